The topological polar surface area (TPSA) is 72.3 Å². The van der Waals surface area contributed by atoms with E-state index in [9.17, 15) is 4.79 Å². The summed E-state index contributed by atoms with van der Waals surface area (Å²) < 4.78 is 7.01. The van der Waals surface area contributed by atoms with Gasteiger partial charge in [0, 0.05) is 50.0 Å². The van der Waals surface area contributed by atoms with Crippen molar-refractivity contribution >= 4 is 23.3 Å². The van der Waals surface area contributed by atoms with Crippen molar-refractivity contribution in [1.82, 2.24) is 24.8 Å². The number of methoxy groups -OCH3 is 1. The first-order valence-corrected chi connectivity index (χ1v) is 10.7. The van der Waals surface area contributed by atoms with Gasteiger partial charge in [-0.3, -0.25) is 14.8 Å². The van der Waals surface area contributed by atoms with Gasteiger partial charge in [-0.25, -0.2) is 0 Å². The molecule has 3 aromatic heterocycles. The zero-order valence-electron chi connectivity index (χ0n) is 17.3. The molecule has 1 fully saturated rings. The van der Waals surface area contributed by atoms with Crippen LogP contribution < -0.4 is 5.32 Å². The molecule has 1 saturated heterocycles. The Morgan fingerprint density at radius 3 is 2.84 bits per heavy atom. The molecule has 8 heteroatoms. The van der Waals surface area contributed by atoms with E-state index in [1.54, 1.807) is 12.4 Å². The Hall–Kier alpha value is -3.26. The Labute approximate surface area is 187 Å². The third-order valence-electron chi connectivity index (χ3n) is 5.45. The molecular weight excluding hydrogens is 410 g/mol. The van der Waals surface area contributed by atoms with Crippen LogP contribution >= 0.6 is 12.2 Å². The van der Waals surface area contributed by atoms with Crippen LogP contribution in [0.4, 0.5) is 0 Å². The minimum atomic E-state index is -0.212. The van der Waals surface area contributed by atoms with E-state index in [1.807, 2.05) is 30.5 Å². The third-order valence-corrected chi connectivity index (χ3v) is 5.80. The lowest BCUT2D eigenvalue weighted by Crippen LogP contribution is -2.32. The van der Waals surface area contributed by atoms with Crippen molar-refractivity contribution in [3.8, 4) is 0 Å². The summed E-state index contributed by atoms with van der Waals surface area (Å²) >= 11 is 5.70. The minimum absolute atomic E-state index is 0.0493. The highest BCUT2D eigenvalue weighted by molar-refractivity contribution is 7.80. The second-order valence-electron chi connectivity index (χ2n) is 7.42. The highest BCUT2D eigenvalue weighted by Gasteiger charge is 2.40. The molecule has 0 amide bonds. The monoisotopic (exact) mass is 435 g/mol. The van der Waals surface area contributed by atoms with Crippen LogP contribution in [0.3, 0.4) is 0 Å². The van der Waals surface area contributed by atoms with Gasteiger partial charge in [-0.2, -0.15) is 0 Å². The first-order valence-electron chi connectivity index (χ1n) is 10.3. The predicted molar refractivity (Wildman–Crippen MR) is 121 cm³/mol. The quantitative estimate of drug-likeness (QED) is 0.430. The van der Waals surface area contributed by atoms with Gasteiger partial charge >= 0.3 is 5.97 Å². The van der Waals surface area contributed by atoms with E-state index >= 15 is 0 Å². The molecule has 1 N–H and O–H groups in total. The summed E-state index contributed by atoms with van der Waals surface area (Å²) in [6.45, 7) is 1.36. The van der Waals surface area contributed by atoms with Crippen molar-refractivity contribution in [2.45, 2.75) is 31.5 Å². The van der Waals surface area contributed by atoms with Crippen LogP contribution in [0.25, 0.3) is 0 Å². The molecule has 0 saturated carbocycles. The molecule has 0 bridgehead atoms. The second kappa shape index (κ2) is 9.70. The Morgan fingerprint density at radius 2 is 2.10 bits per heavy atom. The number of hydrogen-bond donors (Lipinski definition) is 1. The number of nitrogens with zero attached hydrogens (tertiary/aromatic N) is 4. The van der Waals surface area contributed by atoms with E-state index < -0.39 is 0 Å². The van der Waals surface area contributed by atoms with Gasteiger partial charge in [0.2, 0.25) is 0 Å². The second-order valence-corrected chi connectivity index (χ2v) is 7.81. The maximum absolute atomic E-state index is 11.6. The van der Waals surface area contributed by atoms with E-state index in [0.29, 0.717) is 31.0 Å². The summed E-state index contributed by atoms with van der Waals surface area (Å²) in [7, 11) is 1.41. The number of carbonyl (C=O) groups excluding carboxylic acids is 1. The molecule has 2 atom stereocenters. The molecule has 31 heavy (non-hydrogen) atoms. The Balaban J connectivity index is 1.65. The summed E-state index contributed by atoms with van der Waals surface area (Å²) in [5, 5.41) is 4.12. The molecule has 0 aromatic carbocycles. The molecule has 0 aliphatic carbocycles. The Kier molecular flexibility index (Phi) is 6.57. The zero-order valence-corrected chi connectivity index (χ0v) is 18.2. The van der Waals surface area contributed by atoms with Gasteiger partial charge < -0.3 is 19.5 Å². The standard InChI is InChI=1S/C23H25N5O2S/c1-30-20(29)10-6-14-28-22(21(26-23(28)31)18-8-2-3-12-25-18)19-9-5-13-27(19)16-17-7-4-11-24-15-17/h2-5,7-9,11-13,15,21-22H,6,10,14,16H2,1H3,(H,26,31)/t21-,22+/m1/s1. The van der Waals surface area contributed by atoms with Crippen LogP contribution in [0.2, 0.25) is 0 Å². The predicted octanol–water partition coefficient (Wildman–Crippen LogP) is 3.25. The van der Waals surface area contributed by atoms with Crippen molar-refractivity contribution in [2.75, 3.05) is 13.7 Å². The smallest absolute Gasteiger partial charge is 0.305 e. The van der Waals surface area contributed by atoms with Gasteiger partial charge in [0.25, 0.3) is 0 Å². The number of pyridine rings is 2. The lowest BCUT2D eigenvalue weighted by molar-refractivity contribution is -0.140. The summed E-state index contributed by atoms with van der Waals surface area (Å²) in [5.74, 6) is -0.212. The summed E-state index contributed by atoms with van der Waals surface area (Å²) in [5.41, 5.74) is 3.18. The number of carbonyl (C=O) groups is 1. The van der Waals surface area contributed by atoms with Crippen molar-refractivity contribution in [3.63, 3.8) is 0 Å². The maximum atomic E-state index is 11.6. The summed E-state index contributed by atoms with van der Waals surface area (Å²) in [6, 6.07) is 14.0. The average Bonchev–Trinajstić information content (AvgIpc) is 3.38. The first-order chi connectivity index (χ1) is 15.2. The van der Waals surface area contributed by atoms with Gasteiger partial charge in [0.15, 0.2) is 5.11 Å². The highest BCUT2D eigenvalue weighted by Crippen LogP contribution is 2.39. The van der Waals surface area contributed by atoms with Gasteiger partial charge in [-0.15, -0.1) is 0 Å². The lowest BCUT2D eigenvalue weighted by atomic mass is 10.0. The molecule has 160 valence electrons. The third kappa shape index (κ3) is 4.74. The highest BCUT2D eigenvalue weighted by atomic mass is 32.1. The number of ether oxygens (including phenoxy) is 1. The largest absolute Gasteiger partial charge is 0.469 e. The van der Waals surface area contributed by atoms with Crippen LogP contribution in [0.15, 0.2) is 67.3 Å². The Bertz CT molecular complexity index is 1020. The number of nitrogens with one attached hydrogen (secondary N) is 1. The number of hydrogen-bond acceptors (Lipinski definition) is 5. The fraction of sp³-hybridized carbons (Fsp3) is 0.304. The van der Waals surface area contributed by atoms with Crippen LogP contribution in [0.5, 0.6) is 0 Å². The van der Waals surface area contributed by atoms with Crippen LogP contribution in [-0.4, -0.2) is 44.2 Å². The molecule has 1 aliphatic rings. The Morgan fingerprint density at radius 1 is 1.19 bits per heavy atom. The van der Waals surface area contributed by atoms with Crippen LogP contribution in [0, 0.1) is 0 Å². The summed E-state index contributed by atoms with van der Waals surface area (Å²) in [4.78, 5) is 22.6. The first kappa shape index (κ1) is 21.0. The van der Waals surface area contributed by atoms with E-state index in [0.717, 1.165) is 17.0 Å². The van der Waals surface area contributed by atoms with Gasteiger partial charge in [0.05, 0.1) is 24.9 Å². The van der Waals surface area contributed by atoms with E-state index in [2.05, 4.69) is 49.1 Å². The minimum Gasteiger partial charge on any atom is -0.469 e. The number of rotatable bonds is 8. The molecular formula is C23H25N5O2S. The van der Waals surface area contributed by atoms with E-state index in [1.165, 1.54) is 7.11 Å². The molecule has 3 aromatic rings. The fourth-order valence-corrected chi connectivity index (χ4v) is 4.32. The van der Waals surface area contributed by atoms with Gasteiger partial charge in [0.1, 0.15) is 0 Å². The molecule has 4 heterocycles. The maximum Gasteiger partial charge on any atom is 0.305 e. The summed E-state index contributed by atoms with van der Waals surface area (Å²) in [6.07, 6.45) is 8.54. The van der Waals surface area contributed by atoms with Crippen LogP contribution in [-0.2, 0) is 16.1 Å². The fourth-order valence-electron chi connectivity index (χ4n) is 3.99. The molecule has 4 rings (SSSR count). The van der Waals surface area contributed by atoms with Crippen LogP contribution in [0.1, 0.15) is 41.9 Å². The number of aromatic nitrogens is 3. The van der Waals surface area contributed by atoms with Crippen molar-refractivity contribution in [1.29, 1.82) is 0 Å². The molecule has 1 aliphatic heterocycles. The van der Waals surface area contributed by atoms with Crippen molar-refractivity contribution in [2.24, 2.45) is 0 Å². The van der Waals surface area contributed by atoms with E-state index in [4.69, 9.17) is 17.0 Å². The molecule has 0 spiro atoms. The normalized spacial score (nSPS) is 18.1. The molecule has 7 nitrogen and oxygen atoms in total. The SMILES string of the molecule is COC(=O)CCCN1C(=S)N[C@H](c2ccccn2)[C@@H]1c1cccn1Cc1cccnc1. The van der Waals surface area contributed by atoms with E-state index in [-0.39, 0.29) is 18.1 Å². The molecule has 0 radical (unpaired) electrons. The van der Waals surface area contributed by atoms with Crippen molar-refractivity contribution in [3.05, 3.63) is 84.2 Å². The lowest BCUT2D eigenvalue weighted by Gasteiger charge is -2.29. The number of esters is 1. The molecule has 0 unspecified atom stereocenters. The van der Waals surface area contributed by atoms with Gasteiger partial charge in [-0.05, 0) is 54.5 Å². The zero-order chi connectivity index (χ0) is 21.6. The van der Waals surface area contributed by atoms with Gasteiger partial charge in [-0.1, -0.05) is 12.1 Å². The average molecular weight is 436 g/mol. The number of thiocarbonyl (C=S) groups is 1. The van der Waals surface area contributed by atoms with Crippen molar-refractivity contribution < 1.29 is 9.53 Å².